The number of hydrogen-bond donors (Lipinski definition) is 1. The van der Waals surface area contributed by atoms with Gasteiger partial charge in [-0.05, 0) is 18.6 Å². The average Bonchev–Trinajstić information content (AvgIpc) is 3.00. The molecule has 0 amide bonds. The molecule has 20 heavy (non-hydrogen) atoms. The first-order valence-corrected chi connectivity index (χ1v) is 7.43. The maximum atomic E-state index is 6.38. The molecule has 3 rings (SSSR count). The Morgan fingerprint density at radius 2 is 2.10 bits per heavy atom. The highest BCUT2D eigenvalue weighted by Gasteiger charge is 2.18. The minimum atomic E-state index is 0.356. The van der Waals surface area contributed by atoms with Gasteiger partial charge in [-0.1, -0.05) is 37.1 Å². The normalized spacial score (nSPS) is 11.3. The van der Waals surface area contributed by atoms with Crippen LogP contribution in [0, 0.1) is 0 Å². The van der Waals surface area contributed by atoms with E-state index in [1.807, 2.05) is 24.3 Å². The van der Waals surface area contributed by atoms with Gasteiger partial charge in [0.1, 0.15) is 5.15 Å². The van der Waals surface area contributed by atoms with E-state index in [9.17, 15) is 0 Å². The molecule has 1 aromatic carbocycles. The predicted molar refractivity (Wildman–Crippen MR) is 81.8 cm³/mol. The molecule has 0 bridgehead atoms. The van der Waals surface area contributed by atoms with Gasteiger partial charge >= 0.3 is 0 Å². The zero-order valence-electron chi connectivity index (χ0n) is 11.0. The molecule has 0 aliphatic rings. The summed E-state index contributed by atoms with van der Waals surface area (Å²) in [6.45, 7) is 2.10. The van der Waals surface area contributed by atoms with Crippen LogP contribution in [0.4, 0.5) is 0 Å². The van der Waals surface area contributed by atoms with E-state index < -0.39 is 0 Å². The molecular weight excluding hydrogens is 295 g/mol. The second kappa shape index (κ2) is 5.46. The number of alkyl halides is 1. The lowest BCUT2D eigenvalue weighted by molar-refractivity contribution is 0.779. The molecule has 0 aliphatic heterocycles. The number of H-pyrrole nitrogens is 1. The topological polar surface area (TPSA) is 46.5 Å². The molecule has 0 aliphatic carbocycles. The Morgan fingerprint density at radius 1 is 1.30 bits per heavy atom. The second-order valence-electron chi connectivity index (χ2n) is 4.59. The first-order valence-electron chi connectivity index (χ1n) is 6.52. The summed E-state index contributed by atoms with van der Waals surface area (Å²) in [5.74, 6) is 0.971. The molecular formula is C14H14Cl2N4. The van der Waals surface area contributed by atoms with Gasteiger partial charge in [0, 0.05) is 5.56 Å². The number of para-hydroxylation sites is 2. The third kappa shape index (κ3) is 2.19. The summed E-state index contributed by atoms with van der Waals surface area (Å²) in [5.41, 5.74) is 3.67. The molecule has 0 unspecified atom stereocenters. The first-order chi connectivity index (χ1) is 9.74. The Kier molecular flexibility index (Phi) is 3.68. The summed E-state index contributed by atoms with van der Waals surface area (Å²) >= 11 is 12.4. The quantitative estimate of drug-likeness (QED) is 0.738. The third-order valence-electron chi connectivity index (χ3n) is 3.20. The van der Waals surface area contributed by atoms with Crippen LogP contribution in [0.3, 0.4) is 0 Å². The largest absolute Gasteiger partial charge is 0.322 e. The minimum Gasteiger partial charge on any atom is -0.322 e. The first kappa shape index (κ1) is 13.5. The Morgan fingerprint density at radius 3 is 2.80 bits per heavy atom. The van der Waals surface area contributed by atoms with Crippen LogP contribution in [-0.4, -0.2) is 19.7 Å². The van der Waals surface area contributed by atoms with Crippen molar-refractivity contribution in [3.63, 3.8) is 0 Å². The smallest absolute Gasteiger partial charge is 0.230 e. The maximum Gasteiger partial charge on any atom is 0.230 e. The zero-order valence-corrected chi connectivity index (χ0v) is 12.5. The predicted octanol–water partition coefficient (Wildman–Crippen LogP) is 4.09. The molecule has 2 heterocycles. The Balaban J connectivity index is 2.13. The van der Waals surface area contributed by atoms with Crippen molar-refractivity contribution in [1.29, 1.82) is 0 Å². The van der Waals surface area contributed by atoms with Crippen molar-refractivity contribution >= 4 is 34.2 Å². The molecule has 0 radical (unpaired) electrons. The van der Waals surface area contributed by atoms with Crippen molar-refractivity contribution in [1.82, 2.24) is 19.7 Å². The maximum absolute atomic E-state index is 6.38. The average molecular weight is 309 g/mol. The van der Waals surface area contributed by atoms with Gasteiger partial charge in [0.2, 0.25) is 5.95 Å². The van der Waals surface area contributed by atoms with Gasteiger partial charge in [0.25, 0.3) is 0 Å². The number of fused-ring (bicyclic) bond motifs is 1. The Labute approximate surface area is 126 Å². The molecule has 0 saturated carbocycles. The molecule has 1 N–H and O–H groups in total. The summed E-state index contributed by atoms with van der Waals surface area (Å²) in [5, 5.41) is 5.07. The summed E-state index contributed by atoms with van der Waals surface area (Å²) in [6, 6.07) is 7.83. The van der Waals surface area contributed by atoms with Gasteiger partial charge in [0.05, 0.1) is 22.6 Å². The molecule has 104 valence electrons. The molecule has 3 aromatic rings. The number of nitrogens with zero attached hydrogens (tertiary/aromatic N) is 3. The van der Waals surface area contributed by atoms with Crippen LogP contribution in [-0.2, 0) is 12.3 Å². The van der Waals surface area contributed by atoms with E-state index in [0.717, 1.165) is 35.1 Å². The number of aryl methyl sites for hydroxylation is 1. The lowest BCUT2D eigenvalue weighted by atomic mass is 10.2. The van der Waals surface area contributed by atoms with Crippen molar-refractivity contribution in [3.05, 3.63) is 40.7 Å². The number of imidazole rings is 1. The highest BCUT2D eigenvalue weighted by molar-refractivity contribution is 6.31. The SMILES string of the molecule is CCCc1nn(-c2nc3ccccc3[nH]2)c(Cl)c1CCl. The molecule has 0 spiro atoms. The van der Waals surface area contributed by atoms with Gasteiger partial charge in [-0.25, -0.2) is 4.98 Å². The summed E-state index contributed by atoms with van der Waals surface area (Å²) < 4.78 is 1.63. The van der Waals surface area contributed by atoms with E-state index >= 15 is 0 Å². The van der Waals surface area contributed by atoms with E-state index in [-0.39, 0.29) is 0 Å². The summed E-state index contributed by atoms with van der Waals surface area (Å²) in [7, 11) is 0. The van der Waals surface area contributed by atoms with Gasteiger partial charge in [0.15, 0.2) is 0 Å². The summed E-state index contributed by atoms with van der Waals surface area (Å²) in [4.78, 5) is 7.73. The number of aromatic nitrogens is 4. The van der Waals surface area contributed by atoms with Crippen LogP contribution >= 0.6 is 23.2 Å². The lowest BCUT2D eigenvalue weighted by Gasteiger charge is -1.97. The van der Waals surface area contributed by atoms with E-state index in [4.69, 9.17) is 23.2 Å². The Bertz CT molecular complexity index is 712. The molecule has 4 nitrogen and oxygen atoms in total. The van der Waals surface area contributed by atoms with Gasteiger partial charge in [-0.2, -0.15) is 9.78 Å². The van der Waals surface area contributed by atoms with E-state index in [1.165, 1.54) is 0 Å². The monoisotopic (exact) mass is 308 g/mol. The molecule has 0 saturated heterocycles. The fourth-order valence-electron chi connectivity index (χ4n) is 2.22. The highest BCUT2D eigenvalue weighted by Crippen LogP contribution is 2.26. The Hall–Kier alpha value is -1.52. The fraction of sp³-hybridized carbons (Fsp3) is 0.286. The third-order valence-corrected chi connectivity index (χ3v) is 3.86. The standard InChI is InChI=1S/C14H14Cl2N4/c1-2-5-10-9(8-15)13(16)20(19-10)14-17-11-6-3-4-7-12(11)18-14/h3-4,6-7H,2,5,8H2,1H3,(H,17,18). The number of hydrogen-bond acceptors (Lipinski definition) is 2. The number of halogens is 2. The van der Waals surface area contributed by atoms with Gasteiger partial charge < -0.3 is 4.98 Å². The zero-order chi connectivity index (χ0) is 14.1. The van der Waals surface area contributed by atoms with Gasteiger partial charge in [-0.15, -0.1) is 11.6 Å². The van der Waals surface area contributed by atoms with Crippen molar-refractivity contribution in [2.24, 2.45) is 0 Å². The molecule has 6 heteroatoms. The van der Waals surface area contributed by atoms with Crippen molar-refractivity contribution in [3.8, 4) is 5.95 Å². The number of aromatic amines is 1. The summed E-state index contributed by atoms with van der Waals surface area (Å²) in [6.07, 6.45) is 1.85. The van der Waals surface area contributed by atoms with Crippen molar-refractivity contribution < 1.29 is 0 Å². The van der Waals surface area contributed by atoms with E-state index in [2.05, 4.69) is 22.0 Å². The van der Waals surface area contributed by atoms with Gasteiger partial charge in [-0.3, -0.25) is 0 Å². The van der Waals surface area contributed by atoms with E-state index in [0.29, 0.717) is 17.0 Å². The molecule has 2 aromatic heterocycles. The van der Waals surface area contributed by atoms with Crippen LogP contribution < -0.4 is 0 Å². The minimum absolute atomic E-state index is 0.356. The van der Waals surface area contributed by atoms with E-state index in [1.54, 1.807) is 4.68 Å². The second-order valence-corrected chi connectivity index (χ2v) is 5.21. The van der Waals surface area contributed by atoms with Crippen LogP contribution in [0.15, 0.2) is 24.3 Å². The van der Waals surface area contributed by atoms with Crippen LogP contribution in [0.5, 0.6) is 0 Å². The van der Waals surface area contributed by atoms with Crippen LogP contribution in [0.1, 0.15) is 24.6 Å². The highest BCUT2D eigenvalue weighted by atomic mass is 35.5. The van der Waals surface area contributed by atoms with Crippen molar-refractivity contribution in [2.75, 3.05) is 0 Å². The van der Waals surface area contributed by atoms with Crippen molar-refractivity contribution in [2.45, 2.75) is 25.6 Å². The molecule has 0 fully saturated rings. The molecule has 0 atom stereocenters. The number of nitrogens with one attached hydrogen (secondary N) is 1. The number of rotatable bonds is 4. The lowest BCUT2D eigenvalue weighted by Crippen LogP contribution is -1.99. The fourth-order valence-corrected chi connectivity index (χ4v) is 2.86. The number of benzene rings is 1. The van der Waals surface area contributed by atoms with Crippen LogP contribution in [0.2, 0.25) is 5.15 Å². The van der Waals surface area contributed by atoms with Crippen LogP contribution in [0.25, 0.3) is 17.0 Å².